The first kappa shape index (κ1) is 25.0. The number of anilines is 1. The number of halogens is 1. The fraction of sp³-hybridized carbons (Fsp3) is 0.152. The van der Waals surface area contributed by atoms with Gasteiger partial charge in [-0.1, -0.05) is 65.5 Å². The molecule has 4 heteroatoms. The molecule has 0 saturated carbocycles. The van der Waals surface area contributed by atoms with E-state index >= 15 is 0 Å². The molecule has 0 unspecified atom stereocenters. The zero-order valence-corrected chi connectivity index (χ0v) is 24.4. The van der Waals surface area contributed by atoms with Crippen LogP contribution in [-0.2, 0) is 0 Å². The third kappa shape index (κ3) is 5.52. The minimum absolute atomic E-state index is 0.991. The van der Waals surface area contributed by atoms with Crippen LogP contribution in [0.25, 0.3) is 27.5 Å². The first-order valence-corrected chi connectivity index (χ1v) is 16.6. The molecule has 4 aromatic carbocycles. The Morgan fingerprint density at radius 1 is 0.649 bits per heavy atom. The van der Waals surface area contributed by atoms with Crippen molar-refractivity contribution in [1.82, 2.24) is 4.57 Å². The molecule has 182 valence electrons. The summed E-state index contributed by atoms with van der Waals surface area (Å²) in [5, 5.41) is 2.44. The quantitative estimate of drug-likeness (QED) is 0.156. The van der Waals surface area contributed by atoms with E-state index in [2.05, 4.69) is 153 Å². The van der Waals surface area contributed by atoms with Gasteiger partial charge >= 0.3 is 0 Å². The Labute approximate surface area is 229 Å². The van der Waals surface area contributed by atoms with E-state index in [0.29, 0.717) is 0 Å². The Kier molecular flexibility index (Phi) is 6.74. The van der Waals surface area contributed by atoms with E-state index < -0.39 is 8.07 Å². The number of benzene rings is 4. The molecule has 0 spiro atoms. The number of aromatic nitrogens is 1. The number of nitrogens with zero attached hydrogens (tertiary/aromatic N) is 2. The fourth-order valence-electron chi connectivity index (χ4n) is 4.29. The van der Waals surface area contributed by atoms with Crippen molar-refractivity contribution >= 4 is 51.5 Å². The van der Waals surface area contributed by atoms with Gasteiger partial charge in [-0.05, 0) is 72.8 Å². The summed E-state index contributed by atoms with van der Waals surface area (Å²) in [4.78, 5) is 2.09. The van der Waals surface area contributed by atoms with E-state index in [1.807, 2.05) is 14.1 Å². The predicted octanol–water partition coefficient (Wildman–Crippen LogP) is 8.24. The number of hydrogen-bond acceptors (Lipinski definition) is 1. The van der Waals surface area contributed by atoms with Gasteiger partial charge < -0.3 is 9.47 Å². The highest BCUT2D eigenvalue weighted by molar-refractivity contribution is 9.10. The van der Waals surface area contributed by atoms with Gasteiger partial charge in [0, 0.05) is 57.4 Å². The van der Waals surface area contributed by atoms with Gasteiger partial charge in [-0.25, -0.2) is 0 Å². The lowest BCUT2D eigenvalue weighted by Crippen LogP contribution is -2.16. The van der Waals surface area contributed by atoms with Gasteiger partial charge in [0.05, 0.1) is 11.0 Å². The van der Waals surface area contributed by atoms with Crippen molar-refractivity contribution in [2.24, 2.45) is 0 Å². The zero-order chi connectivity index (χ0) is 26.2. The molecule has 0 amide bonds. The molecule has 0 saturated heterocycles. The first-order chi connectivity index (χ1) is 17.7. The summed E-state index contributed by atoms with van der Waals surface area (Å²) in [6.45, 7) is 6.80. The Bertz CT molecular complexity index is 1730. The van der Waals surface area contributed by atoms with Gasteiger partial charge in [-0.2, -0.15) is 0 Å². The molecule has 2 nitrogen and oxygen atoms in total. The second-order valence-electron chi connectivity index (χ2n) is 10.5. The SMILES string of the molecule is CN(C)c1ccc(C#Cc2ccc3c4ccc(Br)cc4n(-c4ccc(C#C[Si](C)(C)C)cc4)c3c2)cc1. The van der Waals surface area contributed by atoms with Gasteiger partial charge in [0.1, 0.15) is 8.07 Å². The maximum Gasteiger partial charge on any atom is 0.129 e. The van der Waals surface area contributed by atoms with Gasteiger partial charge in [-0.3, -0.25) is 0 Å². The summed E-state index contributed by atoms with van der Waals surface area (Å²) >= 11 is 3.67. The number of hydrogen-bond donors (Lipinski definition) is 0. The standard InChI is InChI=1S/C33H29BrN2Si/c1-35(2)28-14-8-24(9-15-28)6-7-26-12-18-30-31-19-13-27(34)23-33(31)36(32(30)22-26)29-16-10-25(11-17-29)20-21-37(3,4)5/h8-19,22-23H,1-5H3. The van der Waals surface area contributed by atoms with Crippen LogP contribution in [0.15, 0.2) is 89.4 Å². The molecular formula is C33H29BrN2Si. The Morgan fingerprint density at radius 3 is 1.84 bits per heavy atom. The molecule has 0 fully saturated rings. The summed E-state index contributed by atoms with van der Waals surface area (Å²) in [6, 6.07) is 29.9. The largest absolute Gasteiger partial charge is 0.378 e. The summed E-state index contributed by atoms with van der Waals surface area (Å²) in [7, 11) is 2.67. The van der Waals surface area contributed by atoms with Crippen molar-refractivity contribution < 1.29 is 0 Å². The molecule has 1 heterocycles. The predicted molar refractivity (Wildman–Crippen MR) is 165 cm³/mol. The van der Waals surface area contributed by atoms with Gasteiger partial charge in [0.2, 0.25) is 0 Å². The molecule has 0 aliphatic heterocycles. The molecule has 0 bridgehead atoms. The second kappa shape index (κ2) is 9.98. The minimum Gasteiger partial charge on any atom is -0.378 e. The lowest BCUT2D eigenvalue weighted by Gasteiger charge is -2.11. The van der Waals surface area contributed by atoms with Crippen molar-refractivity contribution in [3.05, 3.63) is 106 Å². The molecule has 0 N–H and O–H groups in total. The smallest absolute Gasteiger partial charge is 0.129 e. The highest BCUT2D eigenvalue weighted by atomic mass is 79.9. The lowest BCUT2D eigenvalue weighted by atomic mass is 10.1. The summed E-state index contributed by atoms with van der Waals surface area (Å²) in [5.74, 6) is 10.1. The molecule has 1 aromatic heterocycles. The topological polar surface area (TPSA) is 8.17 Å². The van der Waals surface area contributed by atoms with Gasteiger partial charge in [-0.15, -0.1) is 5.54 Å². The van der Waals surface area contributed by atoms with E-state index in [4.69, 9.17) is 0 Å². The highest BCUT2D eigenvalue weighted by Gasteiger charge is 2.13. The highest BCUT2D eigenvalue weighted by Crippen LogP contribution is 2.34. The van der Waals surface area contributed by atoms with E-state index in [0.717, 1.165) is 37.9 Å². The Hall–Kier alpha value is -3.70. The molecule has 0 aliphatic rings. The van der Waals surface area contributed by atoms with Crippen LogP contribution in [0.3, 0.4) is 0 Å². The van der Waals surface area contributed by atoms with Crippen molar-refractivity contribution in [3.63, 3.8) is 0 Å². The van der Waals surface area contributed by atoms with Gasteiger partial charge in [0.15, 0.2) is 0 Å². The van der Waals surface area contributed by atoms with E-state index in [1.54, 1.807) is 0 Å². The lowest BCUT2D eigenvalue weighted by molar-refractivity contribution is 1.13. The zero-order valence-electron chi connectivity index (χ0n) is 21.9. The van der Waals surface area contributed by atoms with Crippen LogP contribution in [0.5, 0.6) is 0 Å². The van der Waals surface area contributed by atoms with E-state index in [9.17, 15) is 0 Å². The first-order valence-electron chi connectivity index (χ1n) is 12.3. The minimum atomic E-state index is -1.42. The van der Waals surface area contributed by atoms with Crippen LogP contribution in [0.2, 0.25) is 19.6 Å². The molecular weight excluding hydrogens is 532 g/mol. The monoisotopic (exact) mass is 560 g/mol. The van der Waals surface area contributed by atoms with Crippen LogP contribution in [-0.4, -0.2) is 26.7 Å². The third-order valence-electron chi connectivity index (χ3n) is 6.17. The van der Waals surface area contributed by atoms with Crippen LogP contribution < -0.4 is 4.90 Å². The third-order valence-corrected chi connectivity index (χ3v) is 7.54. The molecule has 5 aromatic rings. The van der Waals surface area contributed by atoms with Gasteiger partial charge in [0.25, 0.3) is 0 Å². The summed E-state index contributed by atoms with van der Waals surface area (Å²) in [6.07, 6.45) is 0. The molecule has 0 atom stereocenters. The Morgan fingerprint density at radius 2 is 1.19 bits per heavy atom. The average molecular weight is 562 g/mol. The molecule has 0 radical (unpaired) electrons. The van der Waals surface area contributed by atoms with E-state index in [1.165, 1.54) is 16.5 Å². The van der Waals surface area contributed by atoms with E-state index in [-0.39, 0.29) is 0 Å². The summed E-state index contributed by atoms with van der Waals surface area (Å²) < 4.78 is 3.38. The maximum atomic E-state index is 3.67. The number of fused-ring (bicyclic) bond motifs is 3. The Balaban J connectivity index is 1.60. The van der Waals surface area contributed by atoms with Crippen LogP contribution in [0, 0.1) is 23.3 Å². The van der Waals surface area contributed by atoms with Crippen LogP contribution >= 0.6 is 15.9 Å². The van der Waals surface area contributed by atoms with Crippen molar-refractivity contribution in [2.45, 2.75) is 19.6 Å². The maximum absolute atomic E-state index is 3.67. The average Bonchev–Trinajstić information content (AvgIpc) is 3.19. The normalized spacial score (nSPS) is 11.1. The second-order valence-corrected chi connectivity index (χ2v) is 16.1. The fourth-order valence-corrected chi connectivity index (χ4v) is 5.16. The van der Waals surface area contributed by atoms with Crippen LogP contribution in [0.4, 0.5) is 5.69 Å². The van der Waals surface area contributed by atoms with Crippen molar-refractivity contribution in [2.75, 3.05) is 19.0 Å². The molecule has 0 aliphatic carbocycles. The van der Waals surface area contributed by atoms with Crippen LogP contribution in [0.1, 0.15) is 16.7 Å². The summed E-state index contributed by atoms with van der Waals surface area (Å²) in [5.41, 5.74) is 11.1. The molecule has 5 rings (SSSR count). The number of rotatable bonds is 2. The molecule has 37 heavy (non-hydrogen) atoms. The van der Waals surface area contributed by atoms with Crippen molar-refractivity contribution in [1.29, 1.82) is 0 Å². The van der Waals surface area contributed by atoms with Crippen molar-refractivity contribution in [3.8, 4) is 29.0 Å².